The lowest BCUT2D eigenvalue weighted by Crippen LogP contribution is -2.13. The molecule has 1 N–H and O–H groups in total. The molecule has 2 aromatic carbocycles. The number of aliphatic hydroxyl groups excluding tert-OH is 1. The number of hydrogen-bond acceptors (Lipinski definition) is 3. The zero-order valence-electron chi connectivity index (χ0n) is 11.3. The number of halogens is 1. The van der Waals surface area contributed by atoms with E-state index in [0.29, 0.717) is 12.2 Å². The van der Waals surface area contributed by atoms with Crippen LogP contribution in [0.3, 0.4) is 0 Å². The van der Waals surface area contributed by atoms with Crippen molar-refractivity contribution in [1.29, 1.82) is 0 Å². The van der Waals surface area contributed by atoms with Crippen molar-refractivity contribution < 1.29 is 5.11 Å². The van der Waals surface area contributed by atoms with E-state index in [-0.39, 0.29) is 6.10 Å². The van der Waals surface area contributed by atoms with Crippen molar-refractivity contribution >= 4 is 49.1 Å². The summed E-state index contributed by atoms with van der Waals surface area (Å²) in [7, 11) is 0. The van der Waals surface area contributed by atoms with Gasteiger partial charge in [0.15, 0.2) is 0 Å². The smallest absolute Gasteiger partial charge is 0.0674 e. The third kappa shape index (κ3) is 3.89. The summed E-state index contributed by atoms with van der Waals surface area (Å²) in [6.45, 7) is 0. The fourth-order valence-corrected chi connectivity index (χ4v) is 4.30. The Labute approximate surface area is 141 Å². The molecule has 0 aliphatic carbocycles. The van der Waals surface area contributed by atoms with E-state index in [0.717, 1.165) is 4.47 Å². The molecule has 1 aromatic heterocycles. The Hall–Kier alpha value is -0.810. The number of thioether (sulfide) groups is 1. The molecule has 1 unspecified atom stereocenters. The molecule has 1 heterocycles. The summed E-state index contributed by atoms with van der Waals surface area (Å²) in [6.07, 6.45) is 0.393. The summed E-state index contributed by atoms with van der Waals surface area (Å²) in [5.41, 5.74) is 1.25. The van der Waals surface area contributed by atoms with Gasteiger partial charge in [0.25, 0.3) is 0 Å². The predicted octanol–water partition coefficient (Wildman–Crippen LogP) is 5.36. The molecule has 0 bridgehead atoms. The molecule has 0 amide bonds. The first-order chi connectivity index (χ1) is 10.2. The largest absolute Gasteiger partial charge is 0.392 e. The SMILES string of the molecule is OC(CSc1ccc(Br)cc1)Cc1csc2ccccc12. The van der Waals surface area contributed by atoms with E-state index in [9.17, 15) is 5.11 Å². The van der Waals surface area contributed by atoms with Crippen LogP contribution in [0.5, 0.6) is 0 Å². The first-order valence-electron chi connectivity index (χ1n) is 6.74. The number of hydrogen-bond donors (Lipinski definition) is 1. The highest BCUT2D eigenvalue weighted by Crippen LogP contribution is 2.28. The zero-order valence-corrected chi connectivity index (χ0v) is 14.5. The van der Waals surface area contributed by atoms with Gasteiger partial charge in [-0.15, -0.1) is 23.1 Å². The first kappa shape index (κ1) is 15.1. The van der Waals surface area contributed by atoms with Crippen molar-refractivity contribution in [1.82, 2.24) is 0 Å². The second-order valence-electron chi connectivity index (χ2n) is 4.88. The summed E-state index contributed by atoms with van der Waals surface area (Å²) in [5, 5.41) is 13.7. The Morgan fingerprint density at radius 2 is 1.86 bits per heavy atom. The van der Waals surface area contributed by atoms with E-state index < -0.39 is 0 Å². The number of aliphatic hydroxyl groups is 1. The van der Waals surface area contributed by atoms with Gasteiger partial charge >= 0.3 is 0 Å². The molecule has 3 rings (SSSR count). The molecule has 1 nitrogen and oxygen atoms in total. The lowest BCUT2D eigenvalue weighted by atomic mass is 10.1. The maximum Gasteiger partial charge on any atom is 0.0674 e. The molecule has 0 saturated heterocycles. The Morgan fingerprint density at radius 1 is 1.10 bits per heavy atom. The van der Waals surface area contributed by atoms with Crippen molar-refractivity contribution in [2.75, 3.05) is 5.75 Å². The lowest BCUT2D eigenvalue weighted by Gasteiger charge is -2.10. The topological polar surface area (TPSA) is 20.2 Å². The molecule has 0 saturated carbocycles. The third-order valence-corrected chi connectivity index (χ3v) is 5.97. The minimum atomic E-state index is -0.323. The summed E-state index contributed by atoms with van der Waals surface area (Å²) >= 11 is 6.88. The molecule has 0 aliphatic heterocycles. The Bertz CT molecular complexity index is 721. The van der Waals surface area contributed by atoms with E-state index in [2.05, 4.69) is 57.7 Å². The predicted molar refractivity (Wildman–Crippen MR) is 96.4 cm³/mol. The molecule has 1 atom stereocenters. The summed E-state index contributed by atoms with van der Waals surface area (Å²) in [6, 6.07) is 16.6. The Kier molecular flexibility index (Phi) is 5.01. The number of fused-ring (bicyclic) bond motifs is 1. The van der Waals surface area contributed by atoms with Gasteiger partial charge in [0.1, 0.15) is 0 Å². The standard InChI is InChI=1S/C17H15BrOS2/c18-13-5-7-15(8-6-13)20-11-14(19)9-12-10-21-17-4-2-1-3-16(12)17/h1-8,10,14,19H,9,11H2. The molecular formula is C17H15BrOS2. The van der Waals surface area contributed by atoms with Gasteiger partial charge in [-0.2, -0.15) is 0 Å². The van der Waals surface area contributed by atoms with E-state index >= 15 is 0 Å². The van der Waals surface area contributed by atoms with Crippen LogP contribution in [0.1, 0.15) is 5.56 Å². The fraction of sp³-hybridized carbons (Fsp3) is 0.176. The van der Waals surface area contributed by atoms with Gasteiger partial charge in [0.05, 0.1) is 6.10 Å². The number of benzene rings is 2. The van der Waals surface area contributed by atoms with Crippen molar-refractivity contribution in [3.8, 4) is 0 Å². The minimum Gasteiger partial charge on any atom is -0.392 e. The molecule has 0 aliphatic rings. The van der Waals surface area contributed by atoms with Gasteiger partial charge < -0.3 is 5.11 Å². The number of rotatable bonds is 5. The highest BCUT2D eigenvalue weighted by atomic mass is 79.9. The zero-order chi connectivity index (χ0) is 14.7. The monoisotopic (exact) mass is 378 g/mol. The van der Waals surface area contributed by atoms with Crippen LogP contribution in [-0.4, -0.2) is 17.0 Å². The van der Waals surface area contributed by atoms with Crippen LogP contribution in [0.2, 0.25) is 0 Å². The van der Waals surface area contributed by atoms with Gasteiger partial charge in [-0.25, -0.2) is 0 Å². The van der Waals surface area contributed by atoms with E-state index in [1.807, 2.05) is 12.1 Å². The highest BCUT2D eigenvalue weighted by molar-refractivity contribution is 9.10. The van der Waals surface area contributed by atoms with Gasteiger partial charge in [0.2, 0.25) is 0 Å². The average molecular weight is 379 g/mol. The van der Waals surface area contributed by atoms with Crippen molar-refractivity contribution in [3.63, 3.8) is 0 Å². The van der Waals surface area contributed by atoms with Gasteiger partial charge in [0, 0.05) is 26.2 Å². The normalized spacial score (nSPS) is 12.7. The molecule has 108 valence electrons. The second kappa shape index (κ2) is 6.97. The highest BCUT2D eigenvalue weighted by Gasteiger charge is 2.10. The molecule has 0 radical (unpaired) electrons. The van der Waals surface area contributed by atoms with Crippen molar-refractivity contribution in [3.05, 3.63) is 63.9 Å². The van der Waals surface area contributed by atoms with E-state index in [1.54, 1.807) is 23.1 Å². The fourth-order valence-electron chi connectivity index (χ4n) is 2.23. The maximum atomic E-state index is 10.3. The van der Waals surface area contributed by atoms with Gasteiger partial charge in [-0.1, -0.05) is 34.1 Å². The van der Waals surface area contributed by atoms with Crippen LogP contribution in [0.4, 0.5) is 0 Å². The van der Waals surface area contributed by atoms with E-state index in [1.165, 1.54) is 20.5 Å². The molecule has 0 fully saturated rings. The quantitative estimate of drug-likeness (QED) is 0.603. The summed E-state index contributed by atoms with van der Waals surface area (Å²) in [5.74, 6) is 0.714. The van der Waals surface area contributed by atoms with Gasteiger partial charge in [-0.3, -0.25) is 0 Å². The summed E-state index contributed by atoms with van der Waals surface area (Å²) < 4.78 is 2.37. The Morgan fingerprint density at radius 3 is 2.67 bits per heavy atom. The van der Waals surface area contributed by atoms with Crippen molar-refractivity contribution in [2.45, 2.75) is 17.4 Å². The summed E-state index contributed by atoms with van der Waals surface area (Å²) in [4.78, 5) is 1.19. The molecule has 21 heavy (non-hydrogen) atoms. The molecule has 4 heteroatoms. The molecular weight excluding hydrogens is 364 g/mol. The third-order valence-electron chi connectivity index (χ3n) is 3.27. The van der Waals surface area contributed by atoms with Crippen LogP contribution in [0.15, 0.2) is 63.3 Å². The maximum absolute atomic E-state index is 10.3. The first-order valence-corrected chi connectivity index (χ1v) is 9.40. The van der Waals surface area contributed by atoms with Crippen LogP contribution in [0.25, 0.3) is 10.1 Å². The number of thiophene rings is 1. The second-order valence-corrected chi connectivity index (χ2v) is 7.80. The average Bonchev–Trinajstić information content (AvgIpc) is 2.90. The molecule has 3 aromatic rings. The minimum absolute atomic E-state index is 0.323. The molecule has 0 spiro atoms. The van der Waals surface area contributed by atoms with Crippen LogP contribution >= 0.6 is 39.0 Å². The van der Waals surface area contributed by atoms with Gasteiger partial charge in [-0.05, 0) is 46.7 Å². The van der Waals surface area contributed by atoms with Crippen molar-refractivity contribution in [2.24, 2.45) is 0 Å². The Balaban J connectivity index is 1.61. The van der Waals surface area contributed by atoms with E-state index in [4.69, 9.17) is 0 Å². The van der Waals surface area contributed by atoms with Crippen LogP contribution in [-0.2, 0) is 6.42 Å². The lowest BCUT2D eigenvalue weighted by molar-refractivity contribution is 0.200. The van der Waals surface area contributed by atoms with Crippen LogP contribution < -0.4 is 0 Å². The van der Waals surface area contributed by atoms with Crippen LogP contribution in [0, 0.1) is 0 Å².